The van der Waals surface area contributed by atoms with Crippen LogP contribution in [0.15, 0.2) is 42.6 Å². The van der Waals surface area contributed by atoms with E-state index < -0.39 is 29.3 Å². The summed E-state index contributed by atoms with van der Waals surface area (Å²) >= 11 is 6.06. The summed E-state index contributed by atoms with van der Waals surface area (Å²) in [5.41, 5.74) is -1.45. The Morgan fingerprint density at radius 1 is 1.30 bits per heavy atom. The smallest absolute Gasteiger partial charge is 0.388 e. The molecule has 1 atom stereocenters. The van der Waals surface area contributed by atoms with E-state index in [1.54, 1.807) is 12.1 Å². The van der Waals surface area contributed by atoms with E-state index in [0.717, 1.165) is 12.1 Å². The molecule has 1 saturated heterocycles. The van der Waals surface area contributed by atoms with Gasteiger partial charge in [-0.05, 0) is 56.1 Å². The zero-order chi connectivity index (χ0) is 21.9. The summed E-state index contributed by atoms with van der Waals surface area (Å²) in [4.78, 5) is 18.4. The Bertz CT molecular complexity index is 901. The molecule has 0 bridgehead atoms. The SMILES string of the molecule is CN(C(=O)c1cccnc1Cl)C(Cc1cccc(C(F)(F)F)c1)C1(O)CCNCC1. The van der Waals surface area contributed by atoms with Crippen molar-refractivity contribution in [1.29, 1.82) is 0 Å². The molecule has 3 rings (SSSR count). The lowest BCUT2D eigenvalue weighted by molar-refractivity contribution is -0.137. The number of carbonyl (C=O) groups excluding carboxylic acids is 1. The van der Waals surface area contributed by atoms with E-state index in [0.29, 0.717) is 31.5 Å². The normalized spacial score (nSPS) is 17.4. The fraction of sp³-hybridized carbons (Fsp3) is 0.429. The standard InChI is InChI=1S/C21H23ClF3N3O2/c1-28(19(29)16-6-3-9-27-18(16)22)17(20(30)7-10-26-11-8-20)13-14-4-2-5-15(12-14)21(23,24)25/h2-6,9,12,17,26,30H,7-8,10-11,13H2,1H3. The number of halogens is 4. The molecule has 9 heteroatoms. The summed E-state index contributed by atoms with van der Waals surface area (Å²) in [5, 5.41) is 14.5. The van der Waals surface area contributed by atoms with Gasteiger partial charge in [-0.2, -0.15) is 13.2 Å². The van der Waals surface area contributed by atoms with Gasteiger partial charge in [0.05, 0.1) is 22.8 Å². The van der Waals surface area contributed by atoms with Crippen molar-refractivity contribution in [3.63, 3.8) is 0 Å². The summed E-state index contributed by atoms with van der Waals surface area (Å²) in [7, 11) is 1.53. The molecule has 30 heavy (non-hydrogen) atoms. The number of amides is 1. The maximum atomic E-state index is 13.1. The second-order valence-corrected chi connectivity index (χ2v) is 7.89. The monoisotopic (exact) mass is 441 g/mol. The quantitative estimate of drug-likeness (QED) is 0.696. The molecule has 1 aromatic heterocycles. The minimum Gasteiger partial charge on any atom is -0.388 e. The van der Waals surface area contributed by atoms with Crippen molar-refractivity contribution in [3.8, 4) is 0 Å². The van der Waals surface area contributed by atoms with E-state index >= 15 is 0 Å². The summed E-state index contributed by atoms with van der Waals surface area (Å²) in [6.45, 7) is 1.09. The Kier molecular flexibility index (Phi) is 6.69. The first-order valence-electron chi connectivity index (χ1n) is 9.59. The fourth-order valence-corrected chi connectivity index (χ4v) is 4.06. The highest BCUT2D eigenvalue weighted by molar-refractivity contribution is 6.32. The van der Waals surface area contributed by atoms with E-state index in [-0.39, 0.29) is 17.1 Å². The molecule has 1 aromatic carbocycles. The van der Waals surface area contributed by atoms with Gasteiger partial charge in [-0.15, -0.1) is 0 Å². The lowest BCUT2D eigenvalue weighted by Crippen LogP contribution is -2.58. The molecule has 1 aliphatic rings. The van der Waals surface area contributed by atoms with Gasteiger partial charge in [-0.25, -0.2) is 4.98 Å². The number of alkyl halides is 3. The predicted molar refractivity (Wildman–Crippen MR) is 107 cm³/mol. The average Bonchev–Trinajstić information content (AvgIpc) is 2.71. The number of piperidine rings is 1. The lowest BCUT2D eigenvalue weighted by Gasteiger charge is -2.44. The third-order valence-corrected chi connectivity index (χ3v) is 5.85. The van der Waals surface area contributed by atoms with Gasteiger partial charge in [0.15, 0.2) is 0 Å². The number of pyridine rings is 1. The summed E-state index contributed by atoms with van der Waals surface area (Å²) in [6, 6.07) is 7.33. The van der Waals surface area contributed by atoms with Crippen LogP contribution in [0.3, 0.4) is 0 Å². The minimum atomic E-state index is -4.47. The maximum Gasteiger partial charge on any atom is 0.416 e. The first-order valence-corrected chi connectivity index (χ1v) is 9.96. The first-order chi connectivity index (χ1) is 14.1. The molecule has 0 saturated carbocycles. The Morgan fingerprint density at radius 3 is 2.63 bits per heavy atom. The molecule has 162 valence electrons. The van der Waals surface area contributed by atoms with Crippen LogP contribution in [-0.4, -0.2) is 52.7 Å². The molecule has 2 aromatic rings. The van der Waals surface area contributed by atoms with E-state index in [4.69, 9.17) is 11.6 Å². The minimum absolute atomic E-state index is 0.0319. The third-order valence-electron chi connectivity index (χ3n) is 5.55. The van der Waals surface area contributed by atoms with Crippen LogP contribution in [0.25, 0.3) is 0 Å². The number of rotatable bonds is 5. The van der Waals surface area contributed by atoms with Crippen molar-refractivity contribution in [2.75, 3.05) is 20.1 Å². The highest BCUT2D eigenvalue weighted by Crippen LogP contribution is 2.33. The van der Waals surface area contributed by atoms with Gasteiger partial charge in [0, 0.05) is 13.2 Å². The molecule has 2 heterocycles. The molecule has 0 spiro atoms. The Morgan fingerprint density at radius 2 is 2.00 bits per heavy atom. The van der Waals surface area contributed by atoms with Crippen molar-refractivity contribution in [2.24, 2.45) is 0 Å². The van der Waals surface area contributed by atoms with Gasteiger partial charge in [0.25, 0.3) is 5.91 Å². The average molecular weight is 442 g/mol. The highest BCUT2D eigenvalue weighted by Gasteiger charge is 2.42. The molecule has 1 unspecified atom stereocenters. The van der Waals surface area contributed by atoms with Gasteiger partial charge in [-0.1, -0.05) is 29.8 Å². The van der Waals surface area contributed by atoms with Crippen LogP contribution in [0.5, 0.6) is 0 Å². The van der Waals surface area contributed by atoms with Crippen molar-refractivity contribution in [1.82, 2.24) is 15.2 Å². The van der Waals surface area contributed by atoms with Crippen LogP contribution < -0.4 is 5.32 Å². The maximum absolute atomic E-state index is 13.1. The number of benzene rings is 1. The zero-order valence-electron chi connectivity index (χ0n) is 16.4. The van der Waals surface area contributed by atoms with Crippen LogP contribution in [0.1, 0.15) is 34.3 Å². The van der Waals surface area contributed by atoms with Crippen LogP contribution in [0.4, 0.5) is 13.2 Å². The Labute approximate surface area is 177 Å². The molecular formula is C21H23ClF3N3O2. The molecule has 0 radical (unpaired) electrons. The van der Waals surface area contributed by atoms with E-state index in [1.165, 1.54) is 30.3 Å². The molecule has 0 aliphatic carbocycles. The van der Waals surface area contributed by atoms with Crippen molar-refractivity contribution < 1.29 is 23.1 Å². The van der Waals surface area contributed by atoms with E-state index in [1.807, 2.05) is 0 Å². The number of carbonyl (C=O) groups is 1. The third kappa shape index (κ3) is 4.94. The highest BCUT2D eigenvalue weighted by atomic mass is 35.5. The molecule has 1 fully saturated rings. The number of nitrogens with zero attached hydrogens (tertiary/aromatic N) is 2. The topological polar surface area (TPSA) is 65.5 Å². The van der Waals surface area contributed by atoms with E-state index in [2.05, 4.69) is 10.3 Å². The van der Waals surface area contributed by atoms with Crippen molar-refractivity contribution in [2.45, 2.75) is 37.1 Å². The van der Waals surface area contributed by atoms with Crippen LogP contribution >= 0.6 is 11.6 Å². The van der Waals surface area contributed by atoms with Gasteiger partial charge in [-0.3, -0.25) is 4.79 Å². The van der Waals surface area contributed by atoms with Gasteiger partial charge < -0.3 is 15.3 Å². The number of hydrogen-bond donors (Lipinski definition) is 2. The van der Waals surface area contributed by atoms with Crippen molar-refractivity contribution in [3.05, 3.63) is 64.4 Å². The number of aromatic nitrogens is 1. The summed E-state index contributed by atoms with van der Waals surface area (Å²) in [5.74, 6) is -0.447. The summed E-state index contributed by atoms with van der Waals surface area (Å²) in [6.07, 6.45) is -2.20. The lowest BCUT2D eigenvalue weighted by atomic mass is 9.80. The number of aliphatic hydroxyl groups is 1. The number of hydrogen-bond acceptors (Lipinski definition) is 4. The van der Waals surface area contributed by atoms with Crippen LogP contribution in [0, 0.1) is 0 Å². The molecule has 1 amide bonds. The Balaban J connectivity index is 1.95. The molecule has 1 aliphatic heterocycles. The van der Waals surface area contributed by atoms with Gasteiger partial charge in [0.1, 0.15) is 5.15 Å². The number of nitrogens with one attached hydrogen (secondary N) is 1. The molecule has 5 nitrogen and oxygen atoms in total. The largest absolute Gasteiger partial charge is 0.416 e. The first kappa shape index (κ1) is 22.5. The Hall–Kier alpha value is -2.16. The second kappa shape index (κ2) is 8.91. The second-order valence-electron chi connectivity index (χ2n) is 7.53. The van der Waals surface area contributed by atoms with Crippen LogP contribution in [0.2, 0.25) is 5.15 Å². The van der Waals surface area contributed by atoms with Crippen LogP contribution in [-0.2, 0) is 12.6 Å². The zero-order valence-corrected chi connectivity index (χ0v) is 17.2. The molecular weight excluding hydrogens is 419 g/mol. The van der Waals surface area contributed by atoms with E-state index in [9.17, 15) is 23.1 Å². The van der Waals surface area contributed by atoms with Gasteiger partial charge in [0.2, 0.25) is 0 Å². The molecule has 2 N–H and O–H groups in total. The number of likely N-dealkylation sites (N-methyl/N-ethyl adjacent to an activating group) is 1. The summed E-state index contributed by atoms with van der Waals surface area (Å²) < 4.78 is 39.4. The van der Waals surface area contributed by atoms with Gasteiger partial charge >= 0.3 is 6.18 Å². The fourth-order valence-electron chi connectivity index (χ4n) is 3.86. The van der Waals surface area contributed by atoms with Crippen molar-refractivity contribution >= 4 is 17.5 Å². The predicted octanol–water partition coefficient (Wildman–Crippen LogP) is 3.55.